The highest BCUT2D eigenvalue weighted by molar-refractivity contribution is 6.10. The Balaban J connectivity index is 1.34. The summed E-state index contributed by atoms with van der Waals surface area (Å²) in [6, 6.07) is 46.1. The van der Waals surface area contributed by atoms with Crippen LogP contribution in [0.4, 0.5) is 4.39 Å². The van der Waals surface area contributed by atoms with Crippen LogP contribution in [0, 0.1) is 5.82 Å². The molecule has 0 spiro atoms. The molecule has 3 nitrogen and oxygen atoms in total. The van der Waals surface area contributed by atoms with Crippen LogP contribution >= 0.6 is 0 Å². The first kappa shape index (κ1) is 23.4. The number of fused-ring (bicyclic) bond motifs is 4. The molecule has 6 aromatic carbocycles. The molecule has 0 fully saturated rings. The average Bonchev–Trinajstić information content (AvgIpc) is 3.59. The number of hydrogen-bond acceptors (Lipinski definition) is 2. The van der Waals surface area contributed by atoms with Crippen molar-refractivity contribution >= 4 is 33.0 Å². The SMILES string of the molecule is Fc1cc2oc3c(-c4nc5ccccc5n4-c4ccc(-c5ccccc5)cc4)cccc3c2cc1-c1ccccc1. The first-order chi connectivity index (χ1) is 20.2. The third-order valence-corrected chi connectivity index (χ3v) is 7.71. The van der Waals surface area contributed by atoms with Gasteiger partial charge in [0.05, 0.1) is 16.6 Å². The molecule has 0 N–H and O–H groups in total. The zero-order valence-corrected chi connectivity index (χ0v) is 22.0. The Morgan fingerprint density at radius 1 is 0.561 bits per heavy atom. The van der Waals surface area contributed by atoms with Gasteiger partial charge in [-0.25, -0.2) is 9.37 Å². The Kier molecular flexibility index (Phi) is 5.32. The number of imidazole rings is 1. The summed E-state index contributed by atoms with van der Waals surface area (Å²) < 4.78 is 23.8. The van der Waals surface area contributed by atoms with Gasteiger partial charge in [-0.15, -0.1) is 0 Å². The fraction of sp³-hybridized carbons (Fsp3) is 0. The molecule has 41 heavy (non-hydrogen) atoms. The van der Waals surface area contributed by atoms with Crippen molar-refractivity contribution in [2.24, 2.45) is 0 Å². The molecular weight excluding hydrogens is 507 g/mol. The topological polar surface area (TPSA) is 31.0 Å². The van der Waals surface area contributed by atoms with E-state index in [0.29, 0.717) is 16.7 Å². The molecule has 0 saturated carbocycles. The van der Waals surface area contributed by atoms with Gasteiger partial charge in [0.2, 0.25) is 0 Å². The Morgan fingerprint density at radius 3 is 2.02 bits per heavy atom. The lowest BCUT2D eigenvalue weighted by Gasteiger charge is -2.11. The Bertz CT molecular complexity index is 2190. The van der Waals surface area contributed by atoms with Gasteiger partial charge in [0.15, 0.2) is 0 Å². The van der Waals surface area contributed by atoms with E-state index in [1.54, 1.807) is 0 Å². The molecule has 0 unspecified atom stereocenters. The van der Waals surface area contributed by atoms with Crippen LogP contribution in [0.5, 0.6) is 0 Å². The van der Waals surface area contributed by atoms with E-state index < -0.39 is 0 Å². The van der Waals surface area contributed by atoms with Gasteiger partial charge in [0.25, 0.3) is 0 Å². The fourth-order valence-electron chi connectivity index (χ4n) is 5.74. The summed E-state index contributed by atoms with van der Waals surface area (Å²) in [5.41, 5.74) is 8.64. The normalized spacial score (nSPS) is 11.5. The average molecular weight is 531 g/mol. The van der Waals surface area contributed by atoms with Crippen molar-refractivity contribution in [1.82, 2.24) is 9.55 Å². The number of halogens is 1. The van der Waals surface area contributed by atoms with Crippen LogP contribution < -0.4 is 0 Å². The molecule has 0 aliphatic carbocycles. The van der Waals surface area contributed by atoms with Crippen LogP contribution in [0.15, 0.2) is 144 Å². The quantitative estimate of drug-likeness (QED) is 0.227. The van der Waals surface area contributed by atoms with Crippen LogP contribution in [0.2, 0.25) is 0 Å². The van der Waals surface area contributed by atoms with Crippen LogP contribution in [0.3, 0.4) is 0 Å². The van der Waals surface area contributed by atoms with E-state index in [-0.39, 0.29) is 5.82 Å². The van der Waals surface area contributed by atoms with E-state index in [4.69, 9.17) is 9.40 Å². The molecule has 0 saturated heterocycles. The summed E-state index contributed by atoms with van der Waals surface area (Å²) in [5.74, 6) is 0.460. The van der Waals surface area contributed by atoms with Crippen LogP contribution in [0.25, 0.3) is 72.3 Å². The van der Waals surface area contributed by atoms with Crippen molar-refractivity contribution in [3.8, 4) is 39.3 Å². The maximum absolute atomic E-state index is 15.3. The molecule has 2 aromatic heterocycles. The first-order valence-electron chi connectivity index (χ1n) is 13.6. The standard InChI is InChI=1S/C37H23FN2O/c38-32-23-35-31(22-30(32)26-12-5-2-6-13-26)28-14-9-15-29(36(28)41-35)37-39-33-16-7-8-17-34(33)40(37)27-20-18-25(19-21-27)24-10-3-1-4-11-24/h1-23H. The van der Waals surface area contributed by atoms with Gasteiger partial charge in [0.1, 0.15) is 22.8 Å². The van der Waals surface area contributed by atoms with Gasteiger partial charge in [-0.3, -0.25) is 4.57 Å². The van der Waals surface area contributed by atoms with Gasteiger partial charge < -0.3 is 4.42 Å². The molecule has 0 aliphatic heterocycles. The van der Waals surface area contributed by atoms with Crippen molar-refractivity contribution < 1.29 is 8.81 Å². The summed E-state index contributed by atoms with van der Waals surface area (Å²) in [4.78, 5) is 5.07. The van der Waals surface area contributed by atoms with Gasteiger partial charge in [-0.05, 0) is 53.1 Å². The lowest BCUT2D eigenvalue weighted by Crippen LogP contribution is -1.98. The highest BCUT2D eigenvalue weighted by atomic mass is 19.1. The molecular formula is C37H23FN2O. The molecule has 0 radical (unpaired) electrons. The minimum atomic E-state index is -0.310. The number of rotatable bonds is 4. The van der Waals surface area contributed by atoms with Crippen molar-refractivity contribution in [3.05, 3.63) is 145 Å². The lowest BCUT2D eigenvalue weighted by atomic mass is 10.0. The molecule has 8 aromatic rings. The molecule has 0 atom stereocenters. The van der Waals surface area contributed by atoms with E-state index in [1.807, 2.05) is 91.0 Å². The van der Waals surface area contributed by atoms with Crippen molar-refractivity contribution in [2.75, 3.05) is 0 Å². The minimum absolute atomic E-state index is 0.310. The van der Waals surface area contributed by atoms with Gasteiger partial charge in [0, 0.05) is 28.1 Å². The summed E-state index contributed by atoms with van der Waals surface area (Å²) in [6.45, 7) is 0. The number of aromatic nitrogens is 2. The predicted octanol–water partition coefficient (Wildman–Crippen LogP) is 10.1. The van der Waals surface area contributed by atoms with E-state index in [2.05, 4.69) is 47.0 Å². The zero-order chi connectivity index (χ0) is 27.3. The monoisotopic (exact) mass is 530 g/mol. The molecule has 8 rings (SSSR count). The molecule has 0 amide bonds. The predicted molar refractivity (Wildman–Crippen MR) is 165 cm³/mol. The summed E-state index contributed by atoms with van der Waals surface area (Å²) in [5, 5.41) is 1.80. The Hall–Kier alpha value is -5.48. The second-order valence-corrected chi connectivity index (χ2v) is 10.2. The first-order valence-corrected chi connectivity index (χ1v) is 13.6. The van der Waals surface area contributed by atoms with Crippen molar-refractivity contribution in [1.29, 1.82) is 0 Å². The summed E-state index contributed by atoms with van der Waals surface area (Å²) in [7, 11) is 0. The van der Waals surface area contributed by atoms with Crippen LogP contribution in [-0.4, -0.2) is 9.55 Å². The summed E-state index contributed by atoms with van der Waals surface area (Å²) >= 11 is 0. The third kappa shape index (κ3) is 3.84. The Morgan fingerprint density at radius 2 is 1.24 bits per heavy atom. The summed E-state index contributed by atoms with van der Waals surface area (Å²) in [6.07, 6.45) is 0. The minimum Gasteiger partial charge on any atom is -0.455 e. The molecule has 0 aliphatic rings. The number of furan rings is 1. The van der Waals surface area contributed by atoms with Gasteiger partial charge in [-0.1, -0.05) is 97.1 Å². The second kappa shape index (κ2) is 9.32. The van der Waals surface area contributed by atoms with Crippen molar-refractivity contribution in [3.63, 3.8) is 0 Å². The van der Waals surface area contributed by atoms with E-state index in [0.717, 1.165) is 50.0 Å². The second-order valence-electron chi connectivity index (χ2n) is 10.2. The van der Waals surface area contributed by atoms with Gasteiger partial charge in [-0.2, -0.15) is 0 Å². The van der Waals surface area contributed by atoms with E-state index in [9.17, 15) is 0 Å². The zero-order valence-electron chi connectivity index (χ0n) is 22.0. The number of nitrogens with zero attached hydrogens (tertiary/aromatic N) is 2. The molecule has 4 heteroatoms. The van der Waals surface area contributed by atoms with E-state index >= 15 is 4.39 Å². The number of para-hydroxylation sites is 3. The fourth-order valence-corrected chi connectivity index (χ4v) is 5.74. The van der Waals surface area contributed by atoms with E-state index in [1.165, 1.54) is 11.6 Å². The highest BCUT2D eigenvalue weighted by Gasteiger charge is 2.20. The van der Waals surface area contributed by atoms with Crippen LogP contribution in [-0.2, 0) is 0 Å². The van der Waals surface area contributed by atoms with Crippen molar-refractivity contribution in [2.45, 2.75) is 0 Å². The Labute approximate surface area is 235 Å². The highest BCUT2D eigenvalue weighted by Crippen LogP contribution is 2.40. The lowest BCUT2D eigenvalue weighted by molar-refractivity contribution is 0.621. The molecule has 2 heterocycles. The maximum atomic E-state index is 15.3. The third-order valence-electron chi connectivity index (χ3n) is 7.71. The number of benzene rings is 6. The van der Waals surface area contributed by atoms with Gasteiger partial charge >= 0.3 is 0 Å². The maximum Gasteiger partial charge on any atom is 0.149 e. The largest absolute Gasteiger partial charge is 0.455 e. The molecule has 0 bridgehead atoms. The smallest absolute Gasteiger partial charge is 0.149 e. The number of hydrogen-bond donors (Lipinski definition) is 0. The molecule has 194 valence electrons. The van der Waals surface area contributed by atoms with Crippen LogP contribution in [0.1, 0.15) is 0 Å².